The Morgan fingerprint density at radius 2 is 2.14 bits per heavy atom. The maximum Gasteiger partial charge on any atom is 0.170 e. The number of thioether (sulfide) groups is 1. The summed E-state index contributed by atoms with van der Waals surface area (Å²) < 4.78 is 0. The van der Waals surface area contributed by atoms with Crippen LogP contribution in [0.5, 0.6) is 0 Å². The average Bonchev–Trinajstić information content (AvgIpc) is 2.27. The normalized spacial score (nSPS) is 14.3. The number of nitrogens with two attached hydrogens (primary N) is 2. The molecule has 0 spiro atoms. The van der Waals surface area contributed by atoms with Gasteiger partial charge in [-0.1, -0.05) is 11.8 Å². The summed E-state index contributed by atoms with van der Waals surface area (Å²) >= 11 is 1.53. The molecule has 0 bridgehead atoms. The van der Waals surface area contributed by atoms with Gasteiger partial charge in [-0.15, -0.1) is 0 Å². The third-order valence-electron chi connectivity index (χ3n) is 1.68. The summed E-state index contributed by atoms with van der Waals surface area (Å²) in [6.45, 7) is 0. The summed E-state index contributed by atoms with van der Waals surface area (Å²) in [5, 5.41) is 0.798. The summed E-state index contributed by atoms with van der Waals surface area (Å²) in [5.74, 6) is 12.4. The van der Waals surface area contributed by atoms with Gasteiger partial charge in [0.15, 0.2) is 5.82 Å². The van der Waals surface area contributed by atoms with Crippen molar-refractivity contribution in [3.8, 4) is 0 Å². The number of fused-ring (bicyclic) bond motifs is 1. The Labute approximate surface area is 84.3 Å². The zero-order valence-electron chi connectivity index (χ0n) is 7.19. The molecule has 7 nitrogen and oxygen atoms in total. The first kappa shape index (κ1) is 9.19. The van der Waals surface area contributed by atoms with Gasteiger partial charge in [-0.3, -0.25) is 0 Å². The molecule has 2 heterocycles. The van der Waals surface area contributed by atoms with Gasteiger partial charge in [0, 0.05) is 0 Å². The topological polar surface area (TPSA) is 114 Å². The number of aromatic nitrogens is 2. The lowest BCUT2D eigenvalue weighted by Crippen LogP contribution is -2.33. The standard InChI is InChI=1S/C6H9N7S/c7-12-3-1-14-6-4(11-3)5(13-8)9-2-10-6/h2H,1,7-8H2,(H,11,12)(H,9,10,13). The highest BCUT2D eigenvalue weighted by molar-refractivity contribution is 8.00. The number of hydrazine groups is 2. The second-order valence-corrected chi connectivity index (χ2v) is 3.48. The zero-order valence-corrected chi connectivity index (χ0v) is 8.01. The molecule has 8 heteroatoms. The number of aliphatic imine (C=N–C) groups is 1. The lowest BCUT2D eigenvalue weighted by molar-refractivity contribution is 0.986. The van der Waals surface area contributed by atoms with Crippen LogP contribution >= 0.6 is 11.8 Å². The molecule has 0 aliphatic carbocycles. The lowest BCUT2D eigenvalue weighted by atomic mass is 10.4. The predicted molar refractivity (Wildman–Crippen MR) is 55.0 cm³/mol. The largest absolute Gasteiger partial charge is 0.311 e. The van der Waals surface area contributed by atoms with E-state index in [1.54, 1.807) is 0 Å². The molecular formula is C6H9N7S. The maximum absolute atomic E-state index is 5.29. The molecule has 1 aliphatic rings. The maximum atomic E-state index is 5.29. The molecule has 0 saturated heterocycles. The van der Waals surface area contributed by atoms with Crippen molar-refractivity contribution < 1.29 is 0 Å². The molecule has 6 N–H and O–H groups in total. The van der Waals surface area contributed by atoms with Crippen LogP contribution in [0, 0.1) is 0 Å². The van der Waals surface area contributed by atoms with Crippen molar-refractivity contribution in [2.24, 2.45) is 16.7 Å². The Morgan fingerprint density at radius 3 is 2.86 bits per heavy atom. The predicted octanol–water partition coefficient (Wildman–Crippen LogP) is -0.639. The van der Waals surface area contributed by atoms with E-state index in [-0.39, 0.29) is 0 Å². The Balaban J connectivity index is 2.48. The van der Waals surface area contributed by atoms with Crippen molar-refractivity contribution in [1.82, 2.24) is 15.4 Å². The van der Waals surface area contributed by atoms with Crippen LogP contribution in [0.1, 0.15) is 0 Å². The summed E-state index contributed by atoms with van der Waals surface area (Å²) in [6, 6.07) is 0. The minimum absolute atomic E-state index is 0.495. The van der Waals surface area contributed by atoms with Gasteiger partial charge in [-0.25, -0.2) is 26.6 Å². The van der Waals surface area contributed by atoms with E-state index in [4.69, 9.17) is 11.7 Å². The minimum atomic E-state index is 0.495. The van der Waals surface area contributed by atoms with E-state index in [0.29, 0.717) is 23.1 Å². The van der Waals surface area contributed by atoms with Crippen LogP contribution < -0.4 is 22.5 Å². The van der Waals surface area contributed by atoms with Crippen molar-refractivity contribution in [2.75, 3.05) is 11.2 Å². The summed E-state index contributed by atoms with van der Waals surface area (Å²) in [6.07, 6.45) is 1.44. The van der Waals surface area contributed by atoms with Gasteiger partial charge in [0.25, 0.3) is 0 Å². The van der Waals surface area contributed by atoms with Gasteiger partial charge in [0.1, 0.15) is 22.9 Å². The molecule has 0 atom stereocenters. The molecular weight excluding hydrogens is 202 g/mol. The van der Waals surface area contributed by atoms with Gasteiger partial charge in [0.2, 0.25) is 0 Å². The van der Waals surface area contributed by atoms with Crippen LogP contribution in [0.25, 0.3) is 0 Å². The van der Waals surface area contributed by atoms with Gasteiger partial charge in [0.05, 0.1) is 5.75 Å². The molecule has 14 heavy (non-hydrogen) atoms. The fraction of sp³-hybridized carbons (Fsp3) is 0.167. The molecule has 2 rings (SSSR count). The van der Waals surface area contributed by atoms with Gasteiger partial charge >= 0.3 is 0 Å². The third kappa shape index (κ3) is 1.50. The van der Waals surface area contributed by atoms with E-state index >= 15 is 0 Å². The number of nitrogen functional groups attached to an aromatic ring is 1. The van der Waals surface area contributed by atoms with E-state index in [9.17, 15) is 0 Å². The Bertz CT molecular complexity index is 376. The fourth-order valence-corrected chi connectivity index (χ4v) is 1.87. The number of nitrogens with one attached hydrogen (secondary N) is 2. The summed E-state index contributed by atoms with van der Waals surface area (Å²) in [7, 11) is 0. The quantitative estimate of drug-likeness (QED) is 0.277. The highest BCUT2D eigenvalue weighted by atomic mass is 32.2. The second kappa shape index (κ2) is 3.78. The number of rotatable bonds is 1. The molecule has 1 aromatic rings. The molecule has 74 valence electrons. The van der Waals surface area contributed by atoms with Crippen molar-refractivity contribution in [2.45, 2.75) is 5.03 Å². The number of hydrogen-bond acceptors (Lipinski definition) is 8. The first-order valence-corrected chi connectivity index (χ1v) is 4.82. The molecule has 1 aromatic heterocycles. The highest BCUT2D eigenvalue weighted by Crippen LogP contribution is 2.35. The molecule has 1 aliphatic heterocycles. The van der Waals surface area contributed by atoms with Gasteiger partial charge in [-0.2, -0.15) is 0 Å². The number of amidine groups is 1. The first-order valence-electron chi connectivity index (χ1n) is 3.83. The highest BCUT2D eigenvalue weighted by Gasteiger charge is 2.16. The Kier molecular flexibility index (Phi) is 2.48. The molecule has 0 aromatic carbocycles. The third-order valence-corrected chi connectivity index (χ3v) is 2.67. The average molecular weight is 211 g/mol. The second-order valence-electron chi connectivity index (χ2n) is 2.51. The number of anilines is 1. The van der Waals surface area contributed by atoms with Gasteiger partial charge < -0.3 is 10.9 Å². The monoisotopic (exact) mass is 211 g/mol. The van der Waals surface area contributed by atoms with Crippen molar-refractivity contribution in [1.29, 1.82) is 0 Å². The molecule has 0 fully saturated rings. The van der Waals surface area contributed by atoms with Crippen LogP contribution in [0.3, 0.4) is 0 Å². The molecule has 0 saturated carbocycles. The van der Waals surface area contributed by atoms with E-state index in [2.05, 4.69) is 25.8 Å². The van der Waals surface area contributed by atoms with Crippen molar-refractivity contribution in [3.63, 3.8) is 0 Å². The number of nitrogens with zero attached hydrogens (tertiary/aromatic N) is 3. The Hall–Kier alpha value is -1.38. The van der Waals surface area contributed by atoms with Crippen LogP contribution in [0.2, 0.25) is 0 Å². The Morgan fingerprint density at radius 1 is 1.29 bits per heavy atom. The minimum Gasteiger partial charge on any atom is -0.311 e. The molecule has 0 radical (unpaired) electrons. The fourth-order valence-electron chi connectivity index (χ4n) is 1.05. The zero-order chi connectivity index (χ0) is 9.97. The van der Waals surface area contributed by atoms with E-state index < -0.39 is 0 Å². The SMILES string of the molecule is NNC1=Nc2c(NN)ncnc2SC1. The van der Waals surface area contributed by atoms with E-state index in [1.807, 2.05) is 0 Å². The summed E-state index contributed by atoms with van der Waals surface area (Å²) in [4.78, 5) is 12.2. The first-order chi connectivity index (χ1) is 6.85. The molecule has 0 amide bonds. The van der Waals surface area contributed by atoms with Crippen molar-refractivity contribution >= 4 is 29.1 Å². The van der Waals surface area contributed by atoms with Crippen molar-refractivity contribution in [3.05, 3.63) is 6.33 Å². The smallest absolute Gasteiger partial charge is 0.170 e. The van der Waals surface area contributed by atoms with Crippen LogP contribution in [0.4, 0.5) is 11.5 Å². The molecule has 0 unspecified atom stereocenters. The van der Waals surface area contributed by atoms with Crippen LogP contribution in [0.15, 0.2) is 16.3 Å². The lowest BCUT2D eigenvalue weighted by Gasteiger charge is -2.14. The van der Waals surface area contributed by atoms with Gasteiger partial charge in [-0.05, 0) is 0 Å². The van der Waals surface area contributed by atoms with E-state index in [1.165, 1.54) is 18.1 Å². The van der Waals surface area contributed by atoms with E-state index in [0.717, 1.165) is 5.03 Å². The van der Waals surface area contributed by atoms with Crippen LogP contribution in [-0.4, -0.2) is 21.6 Å². The summed E-state index contributed by atoms with van der Waals surface area (Å²) in [5.41, 5.74) is 5.58. The van der Waals surface area contributed by atoms with Crippen LogP contribution in [-0.2, 0) is 0 Å². The number of hydrogen-bond donors (Lipinski definition) is 4.